The first kappa shape index (κ1) is 15.2. The van der Waals surface area contributed by atoms with E-state index in [1.165, 1.54) is 4.31 Å². The smallest absolute Gasteiger partial charge is 0.195 e. The van der Waals surface area contributed by atoms with Crippen molar-refractivity contribution in [3.05, 3.63) is 0 Å². The molecular weight excluding hydrogens is 236 g/mol. The van der Waals surface area contributed by atoms with Gasteiger partial charge in [-0.2, -0.15) is 17.4 Å². The highest BCUT2D eigenvalue weighted by atomic mass is 35.5. The highest BCUT2D eigenvalue weighted by molar-refractivity contribution is 7.87. The summed E-state index contributed by atoms with van der Waals surface area (Å²) in [6, 6.07) is 0. The van der Waals surface area contributed by atoms with E-state index in [9.17, 15) is 8.42 Å². The third-order valence-electron chi connectivity index (χ3n) is 2.50. The molecule has 0 rings (SSSR count). The molecule has 0 aromatic heterocycles. The van der Waals surface area contributed by atoms with Crippen molar-refractivity contribution in [1.29, 1.82) is 0 Å². The van der Waals surface area contributed by atoms with Crippen LogP contribution >= 0.6 is 11.6 Å². The van der Waals surface area contributed by atoms with Gasteiger partial charge in [-0.25, -0.2) is 0 Å². The maximum atomic E-state index is 11.9. The lowest BCUT2D eigenvalue weighted by Gasteiger charge is -2.30. The summed E-state index contributed by atoms with van der Waals surface area (Å²) in [4.78, 5) is 0. The van der Waals surface area contributed by atoms with E-state index in [2.05, 4.69) is 4.72 Å². The SMILES string of the molecule is CCN(CC)S(=O)(=O)NC(C)(CC)CCl. The predicted octanol–water partition coefficient (Wildman–Crippen LogP) is 1.57. The first-order valence-corrected chi connectivity index (χ1v) is 7.17. The van der Waals surface area contributed by atoms with Gasteiger partial charge in [-0.1, -0.05) is 20.8 Å². The number of alkyl halides is 1. The number of halogens is 1. The minimum Gasteiger partial charge on any atom is -0.195 e. The van der Waals surface area contributed by atoms with Crippen molar-refractivity contribution < 1.29 is 8.42 Å². The van der Waals surface area contributed by atoms with Crippen LogP contribution in [0.3, 0.4) is 0 Å². The van der Waals surface area contributed by atoms with E-state index in [4.69, 9.17) is 11.6 Å². The molecule has 4 nitrogen and oxygen atoms in total. The van der Waals surface area contributed by atoms with Gasteiger partial charge in [0.1, 0.15) is 0 Å². The topological polar surface area (TPSA) is 49.4 Å². The van der Waals surface area contributed by atoms with Crippen molar-refractivity contribution in [1.82, 2.24) is 9.03 Å². The molecule has 6 heteroatoms. The van der Waals surface area contributed by atoms with Gasteiger partial charge >= 0.3 is 0 Å². The molecule has 92 valence electrons. The summed E-state index contributed by atoms with van der Waals surface area (Å²) in [5.74, 6) is 0.268. The van der Waals surface area contributed by atoms with Crippen LogP contribution in [0.25, 0.3) is 0 Å². The molecule has 0 aliphatic carbocycles. The maximum Gasteiger partial charge on any atom is 0.279 e. The summed E-state index contributed by atoms with van der Waals surface area (Å²) < 4.78 is 27.8. The summed E-state index contributed by atoms with van der Waals surface area (Å²) in [5.41, 5.74) is -0.566. The summed E-state index contributed by atoms with van der Waals surface area (Å²) in [6.07, 6.45) is 0.664. The molecule has 1 atom stereocenters. The molecule has 0 heterocycles. The van der Waals surface area contributed by atoms with Gasteiger partial charge in [0.2, 0.25) is 0 Å². The molecule has 0 aliphatic heterocycles. The van der Waals surface area contributed by atoms with Crippen LogP contribution in [-0.2, 0) is 10.2 Å². The fourth-order valence-electron chi connectivity index (χ4n) is 1.13. The first-order valence-electron chi connectivity index (χ1n) is 5.20. The van der Waals surface area contributed by atoms with E-state index in [0.29, 0.717) is 19.5 Å². The highest BCUT2D eigenvalue weighted by Gasteiger charge is 2.29. The molecular formula is C9H21ClN2O2S. The van der Waals surface area contributed by atoms with Crippen LogP contribution in [0.15, 0.2) is 0 Å². The van der Waals surface area contributed by atoms with Crippen LogP contribution in [-0.4, -0.2) is 37.2 Å². The Morgan fingerprint density at radius 1 is 1.27 bits per heavy atom. The van der Waals surface area contributed by atoms with Crippen molar-refractivity contribution in [3.8, 4) is 0 Å². The van der Waals surface area contributed by atoms with Gasteiger partial charge in [-0.05, 0) is 13.3 Å². The average Bonchev–Trinajstić information content (AvgIpc) is 2.18. The number of hydrogen-bond donors (Lipinski definition) is 1. The summed E-state index contributed by atoms with van der Waals surface area (Å²) in [5, 5.41) is 0. The van der Waals surface area contributed by atoms with Crippen LogP contribution < -0.4 is 4.72 Å². The zero-order valence-corrected chi connectivity index (χ0v) is 11.5. The molecule has 0 fully saturated rings. The quantitative estimate of drug-likeness (QED) is 0.703. The third-order valence-corrected chi connectivity index (χ3v) is 5.03. The molecule has 1 unspecified atom stereocenters. The normalized spacial score (nSPS) is 16.7. The zero-order chi connectivity index (χ0) is 12.1. The molecule has 0 saturated carbocycles. The number of hydrogen-bond acceptors (Lipinski definition) is 2. The van der Waals surface area contributed by atoms with Gasteiger partial charge in [0.05, 0.1) is 0 Å². The highest BCUT2D eigenvalue weighted by Crippen LogP contribution is 2.14. The number of nitrogens with zero attached hydrogens (tertiary/aromatic N) is 1. The Kier molecular flexibility index (Phi) is 6.10. The molecule has 0 aliphatic rings. The Morgan fingerprint density at radius 2 is 1.73 bits per heavy atom. The predicted molar refractivity (Wildman–Crippen MR) is 64.4 cm³/mol. The Balaban J connectivity index is 4.76. The molecule has 1 N–H and O–H groups in total. The van der Waals surface area contributed by atoms with Gasteiger partial charge in [0, 0.05) is 24.5 Å². The summed E-state index contributed by atoms with van der Waals surface area (Å²) in [7, 11) is -3.41. The Hall–Kier alpha value is 0.160. The van der Waals surface area contributed by atoms with E-state index >= 15 is 0 Å². The van der Waals surface area contributed by atoms with Crippen molar-refractivity contribution in [3.63, 3.8) is 0 Å². The second-order valence-electron chi connectivity index (χ2n) is 3.74. The maximum absolute atomic E-state index is 11.9. The molecule has 0 bridgehead atoms. The van der Waals surface area contributed by atoms with Crippen LogP contribution in [0, 0.1) is 0 Å². The van der Waals surface area contributed by atoms with Gasteiger partial charge in [-0.3, -0.25) is 0 Å². The van der Waals surface area contributed by atoms with Crippen molar-refractivity contribution in [2.45, 2.75) is 39.7 Å². The molecule has 0 spiro atoms. The third kappa shape index (κ3) is 4.26. The van der Waals surface area contributed by atoms with Crippen molar-refractivity contribution in [2.75, 3.05) is 19.0 Å². The second-order valence-corrected chi connectivity index (χ2v) is 5.68. The monoisotopic (exact) mass is 256 g/mol. The Bertz CT molecular complexity index is 272. The number of rotatable bonds is 7. The fraction of sp³-hybridized carbons (Fsp3) is 1.00. The van der Waals surface area contributed by atoms with Crippen LogP contribution in [0.4, 0.5) is 0 Å². The summed E-state index contributed by atoms with van der Waals surface area (Å²) >= 11 is 5.76. The van der Waals surface area contributed by atoms with Crippen LogP contribution in [0.5, 0.6) is 0 Å². The molecule has 15 heavy (non-hydrogen) atoms. The molecule has 0 radical (unpaired) electrons. The zero-order valence-electron chi connectivity index (χ0n) is 9.88. The van der Waals surface area contributed by atoms with E-state index in [1.54, 1.807) is 6.92 Å². The average molecular weight is 257 g/mol. The van der Waals surface area contributed by atoms with E-state index < -0.39 is 15.7 Å². The lowest BCUT2D eigenvalue weighted by Crippen LogP contribution is -2.52. The van der Waals surface area contributed by atoms with Gasteiger partial charge in [-0.15, -0.1) is 11.6 Å². The van der Waals surface area contributed by atoms with Gasteiger partial charge < -0.3 is 0 Å². The first-order chi connectivity index (χ1) is 6.85. The Labute approximate surface area is 98.2 Å². The minimum absolute atomic E-state index is 0.268. The van der Waals surface area contributed by atoms with E-state index in [-0.39, 0.29) is 5.88 Å². The molecule has 0 aromatic rings. The van der Waals surface area contributed by atoms with Crippen molar-refractivity contribution in [2.24, 2.45) is 0 Å². The van der Waals surface area contributed by atoms with E-state index in [1.807, 2.05) is 20.8 Å². The second kappa shape index (κ2) is 6.03. The molecule has 0 saturated heterocycles. The van der Waals surface area contributed by atoms with Gasteiger partial charge in [0.25, 0.3) is 10.2 Å². The molecule has 0 amide bonds. The number of nitrogens with one attached hydrogen (secondary N) is 1. The van der Waals surface area contributed by atoms with E-state index in [0.717, 1.165) is 0 Å². The van der Waals surface area contributed by atoms with Gasteiger partial charge in [0.15, 0.2) is 0 Å². The van der Waals surface area contributed by atoms with Crippen molar-refractivity contribution >= 4 is 21.8 Å². The minimum atomic E-state index is -3.41. The molecule has 0 aromatic carbocycles. The standard InChI is InChI=1S/C9H21ClN2O2S/c1-5-9(4,8-10)11-15(13,14)12(6-2)7-3/h11H,5-8H2,1-4H3. The van der Waals surface area contributed by atoms with Crippen LogP contribution in [0.1, 0.15) is 34.1 Å². The Morgan fingerprint density at radius 3 is 2.00 bits per heavy atom. The summed E-state index contributed by atoms with van der Waals surface area (Å²) in [6.45, 7) is 8.27. The lowest BCUT2D eigenvalue weighted by molar-refractivity contribution is 0.391. The lowest BCUT2D eigenvalue weighted by atomic mass is 10.0. The fourth-order valence-corrected chi connectivity index (χ4v) is 3.12. The largest absolute Gasteiger partial charge is 0.279 e. The van der Waals surface area contributed by atoms with Crippen LogP contribution in [0.2, 0.25) is 0 Å².